The smallest absolute Gasteiger partial charge is 0.348 e. The number of hydrogen-bond donors (Lipinski definition) is 2. The molecule has 0 saturated heterocycles. The quantitative estimate of drug-likeness (QED) is 0.108. The van der Waals surface area contributed by atoms with E-state index in [1.165, 1.54) is 18.3 Å². The minimum atomic E-state index is -0.808. The molecule has 0 spiro atoms. The Morgan fingerprint density at radius 1 is 0.975 bits per heavy atom. The van der Waals surface area contributed by atoms with Gasteiger partial charge in [-0.25, -0.2) is 14.4 Å². The van der Waals surface area contributed by atoms with Gasteiger partial charge >= 0.3 is 17.9 Å². The predicted molar refractivity (Wildman–Crippen MR) is 151 cm³/mol. The van der Waals surface area contributed by atoms with Crippen molar-refractivity contribution in [1.82, 2.24) is 0 Å². The van der Waals surface area contributed by atoms with Gasteiger partial charge < -0.3 is 24.6 Å². The SMILES string of the molecule is CCOC(=O)c1sc(N=NC(C(=O)Nc2sc3c(c2C(=O)OCC)CC[C@@H](C)C3)=C(C)O)c(C(=O)OCC)c1C. The lowest BCUT2D eigenvalue weighted by atomic mass is 9.88. The third-order valence-corrected chi connectivity index (χ3v) is 8.41. The van der Waals surface area contributed by atoms with E-state index >= 15 is 0 Å². The van der Waals surface area contributed by atoms with Crippen LogP contribution < -0.4 is 5.32 Å². The van der Waals surface area contributed by atoms with Gasteiger partial charge in [0.2, 0.25) is 0 Å². The number of fused-ring (bicyclic) bond motifs is 1. The fraction of sp³-hybridized carbons (Fsp3) is 0.481. The van der Waals surface area contributed by atoms with Crippen molar-refractivity contribution in [2.24, 2.45) is 16.1 Å². The number of aliphatic hydroxyl groups excluding tert-OH is 1. The Morgan fingerprint density at radius 3 is 2.17 bits per heavy atom. The third kappa shape index (κ3) is 6.76. The number of amides is 1. The van der Waals surface area contributed by atoms with Gasteiger partial charge in [0.15, 0.2) is 10.7 Å². The van der Waals surface area contributed by atoms with E-state index in [-0.39, 0.29) is 35.3 Å². The van der Waals surface area contributed by atoms with Crippen molar-refractivity contribution in [2.45, 2.75) is 60.8 Å². The molecule has 3 rings (SSSR count). The van der Waals surface area contributed by atoms with Crippen molar-refractivity contribution in [2.75, 3.05) is 25.1 Å². The first-order valence-electron chi connectivity index (χ1n) is 13.0. The lowest BCUT2D eigenvalue weighted by Gasteiger charge is -2.18. The van der Waals surface area contributed by atoms with Crippen molar-refractivity contribution in [3.05, 3.63) is 43.5 Å². The molecule has 2 aromatic heterocycles. The first kappa shape index (κ1) is 31.0. The highest BCUT2D eigenvalue weighted by atomic mass is 32.1. The Balaban J connectivity index is 1.98. The van der Waals surface area contributed by atoms with Crippen molar-refractivity contribution >= 4 is 56.5 Å². The maximum absolute atomic E-state index is 13.3. The fourth-order valence-corrected chi connectivity index (χ4v) is 6.61. The second kappa shape index (κ2) is 13.7. The highest BCUT2D eigenvalue weighted by Crippen LogP contribution is 2.41. The highest BCUT2D eigenvalue weighted by molar-refractivity contribution is 7.18. The second-order valence-corrected chi connectivity index (χ2v) is 11.1. The molecule has 1 aliphatic rings. The third-order valence-electron chi connectivity index (χ3n) is 6.09. The number of carbonyl (C=O) groups is 4. The molecule has 0 radical (unpaired) electrons. The van der Waals surface area contributed by atoms with Gasteiger partial charge in [0, 0.05) is 4.88 Å². The number of nitrogens with one attached hydrogen (secondary N) is 1. The molecule has 216 valence electrons. The Bertz CT molecular complexity index is 1370. The number of thiophene rings is 2. The maximum Gasteiger partial charge on any atom is 0.348 e. The molecule has 0 unspecified atom stereocenters. The number of esters is 3. The molecule has 2 heterocycles. The summed E-state index contributed by atoms with van der Waals surface area (Å²) in [6.45, 7) is 10.4. The minimum absolute atomic E-state index is 0.0124. The molecule has 1 atom stereocenters. The number of azo groups is 1. The summed E-state index contributed by atoms with van der Waals surface area (Å²) in [5, 5.41) is 21.3. The molecule has 2 aromatic rings. The molecule has 1 aliphatic carbocycles. The molecule has 11 nitrogen and oxygen atoms in total. The monoisotopic (exact) mass is 591 g/mol. The Kier molecular flexibility index (Phi) is 10.6. The molecule has 0 aliphatic heterocycles. The zero-order chi connectivity index (χ0) is 29.6. The minimum Gasteiger partial charge on any atom is -0.510 e. The molecule has 1 amide bonds. The lowest BCUT2D eigenvalue weighted by molar-refractivity contribution is -0.113. The van der Waals surface area contributed by atoms with Crippen LogP contribution in [-0.4, -0.2) is 48.7 Å². The first-order chi connectivity index (χ1) is 19.0. The summed E-state index contributed by atoms with van der Waals surface area (Å²) in [5.41, 5.74) is 1.06. The summed E-state index contributed by atoms with van der Waals surface area (Å²) in [4.78, 5) is 52.3. The number of nitrogens with zero attached hydrogens (tertiary/aromatic N) is 2. The van der Waals surface area contributed by atoms with E-state index in [2.05, 4.69) is 22.5 Å². The van der Waals surface area contributed by atoms with Crippen molar-refractivity contribution < 1.29 is 38.5 Å². The van der Waals surface area contributed by atoms with E-state index in [4.69, 9.17) is 14.2 Å². The van der Waals surface area contributed by atoms with Crippen molar-refractivity contribution in [1.29, 1.82) is 0 Å². The Labute approximate surface area is 240 Å². The van der Waals surface area contributed by atoms with Crippen LogP contribution in [0.25, 0.3) is 0 Å². The van der Waals surface area contributed by atoms with Crippen molar-refractivity contribution in [3.8, 4) is 0 Å². The molecule has 0 saturated carbocycles. The Hall–Kier alpha value is -3.58. The van der Waals surface area contributed by atoms with Crippen LogP contribution in [0.15, 0.2) is 21.7 Å². The van der Waals surface area contributed by atoms with E-state index in [1.807, 2.05) is 0 Å². The maximum atomic E-state index is 13.3. The molecule has 0 aromatic carbocycles. The van der Waals surface area contributed by atoms with Gasteiger partial charge in [-0.2, -0.15) is 0 Å². The Morgan fingerprint density at radius 2 is 1.57 bits per heavy atom. The first-order valence-corrected chi connectivity index (χ1v) is 14.6. The summed E-state index contributed by atoms with van der Waals surface area (Å²) in [7, 11) is 0. The van der Waals surface area contributed by atoms with Gasteiger partial charge in [0.25, 0.3) is 5.91 Å². The number of hydrogen-bond acceptors (Lipinski definition) is 12. The number of rotatable bonds is 10. The molecule has 0 fully saturated rings. The van der Waals surface area contributed by atoms with E-state index in [1.54, 1.807) is 27.7 Å². The standard InChI is InChI=1S/C27H33N3O8S2/c1-7-36-25(33)18-14(5)21(27(35)38-9-3)40-24(18)30-29-20(15(6)31)22(32)28-23-19(26(34)37-8-2)16-11-10-13(4)12-17(16)39-23/h13,31H,7-12H2,1-6H3,(H,28,32)/t13-/m1/s1. The summed E-state index contributed by atoms with van der Waals surface area (Å²) in [5.74, 6) is -2.68. The lowest BCUT2D eigenvalue weighted by Crippen LogP contribution is -2.18. The molecular weight excluding hydrogens is 558 g/mol. The van der Waals surface area contributed by atoms with E-state index in [0.29, 0.717) is 28.5 Å². The van der Waals surface area contributed by atoms with Crippen LogP contribution in [0.2, 0.25) is 0 Å². The normalized spacial score (nSPS) is 15.3. The number of allylic oxidation sites excluding steroid dienone is 1. The average Bonchev–Trinajstić information content (AvgIpc) is 3.40. The van der Waals surface area contributed by atoms with Crippen LogP contribution in [0.4, 0.5) is 10.0 Å². The summed E-state index contributed by atoms with van der Waals surface area (Å²) in [6, 6.07) is 0. The zero-order valence-electron chi connectivity index (χ0n) is 23.3. The fourth-order valence-electron chi connectivity index (χ4n) is 4.20. The van der Waals surface area contributed by atoms with Gasteiger partial charge in [-0.3, -0.25) is 4.79 Å². The highest BCUT2D eigenvalue weighted by Gasteiger charge is 2.30. The number of carbonyl (C=O) groups excluding carboxylic acids is 4. The molecule has 2 N–H and O–H groups in total. The van der Waals surface area contributed by atoms with Gasteiger partial charge in [-0.15, -0.1) is 32.9 Å². The molecular formula is C27H33N3O8S2. The van der Waals surface area contributed by atoms with Crippen LogP contribution in [-0.2, 0) is 31.8 Å². The zero-order valence-corrected chi connectivity index (χ0v) is 25.0. The average molecular weight is 592 g/mol. The van der Waals surface area contributed by atoms with E-state index < -0.39 is 35.3 Å². The predicted octanol–water partition coefficient (Wildman–Crippen LogP) is 6.28. The summed E-state index contributed by atoms with van der Waals surface area (Å²) < 4.78 is 15.4. The van der Waals surface area contributed by atoms with Crippen LogP contribution in [0.3, 0.4) is 0 Å². The van der Waals surface area contributed by atoms with Gasteiger partial charge in [0.1, 0.15) is 21.2 Å². The van der Waals surface area contributed by atoms with Crippen LogP contribution in [0.5, 0.6) is 0 Å². The second-order valence-electron chi connectivity index (χ2n) is 9.04. The van der Waals surface area contributed by atoms with E-state index in [9.17, 15) is 24.3 Å². The van der Waals surface area contributed by atoms with Gasteiger partial charge in [-0.1, -0.05) is 6.92 Å². The van der Waals surface area contributed by atoms with E-state index in [0.717, 1.165) is 34.6 Å². The topological polar surface area (TPSA) is 153 Å². The summed E-state index contributed by atoms with van der Waals surface area (Å²) >= 11 is 2.15. The molecule has 40 heavy (non-hydrogen) atoms. The molecule has 0 bridgehead atoms. The number of aliphatic hydroxyl groups is 1. The van der Waals surface area contributed by atoms with Crippen LogP contribution in [0.1, 0.15) is 87.4 Å². The van der Waals surface area contributed by atoms with Crippen LogP contribution >= 0.6 is 22.7 Å². The van der Waals surface area contributed by atoms with Crippen molar-refractivity contribution in [3.63, 3.8) is 0 Å². The largest absolute Gasteiger partial charge is 0.510 e. The van der Waals surface area contributed by atoms with Gasteiger partial charge in [0.05, 0.1) is 25.4 Å². The number of anilines is 1. The number of ether oxygens (including phenoxy) is 3. The van der Waals surface area contributed by atoms with Crippen LogP contribution in [0, 0.1) is 12.8 Å². The molecule has 13 heteroatoms. The summed E-state index contributed by atoms with van der Waals surface area (Å²) in [6.07, 6.45) is 2.38. The van der Waals surface area contributed by atoms with Gasteiger partial charge in [-0.05, 0) is 70.9 Å².